The molecule has 0 saturated carbocycles. The Morgan fingerprint density at radius 2 is 1.77 bits per heavy atom. The molecule has 1 saturated heterocycles. The van der Waals surface area contributed by atoms with Crippen molar-refractivity contribution in [1.29, 1.82) is 0 Å². The van der Waals surface area contributed by atoms with Crippen molar-refractivity contribution in [3.63, 3.8) is 0 Å². The lowest BCUT2D eigenvalue weighted by Gasteiger charge is -2.25. The number of aliphatic hydroxyl groups is 1. The summed E-state index contributed by atoms with van der Waals surface area (Å²) in [6.07, 6.45) is 0.683. The van der Waals surface area contributed by atoms with Gasteiger partial charge in [-0.25, -0.2) is 0 Å². The quantitative estimate of drug-likeness (QED) is 0.421. The van der Waals surface area contributed by atoms with Crippen LogP contribution in [0.15, 0.2) is 48.0 Å². The molecular weight excluding hydrogens is 382 g/mol. The smallest absolute Gasteiger partial charge is 0.295 e. The van der Waals surface area contributed by atoms with E-state index in [0.717, 1.165) is 5.56 Å². The number of amides is 1. The second-order valence-electron chi connectivity index (χ2n) is 7.20. The molecule has 0 aromatic heterocycles. The van der Waals surface area contributed by atoms with Gasteiger partial charge in [0.1, 0.15) is 5.76 Å². The lowest BCUT2D eigenvalue weighted by atomic mass is 9.94. The van der Waals surface area contributed by atoms with Gasteiger partial charge in [0.15, 0.2) is 11.5 Å². The standard InChI is InChI=1S/C24H27NO5/c1-5-13-25-21(17-11-12-18(29-4)19(14-17)30-6-2)20(23(27)24(25)28)22(26)16-9-7-15(3)8-10-16/h7-12,14,21,26H,5-6,13H2,1-4H3/b22-20-. The Hall–Kier alpha value is -3.28. The van der Waals surface area contributed by atoms with Crippen molar-refractivity contribution < 1.29 is 24.2 Å². The molecule has 6 heteroatoms. The highest BCUT2D eigenvalue weighted by Gasteiger charge is 2.45. The van der Waals surface area contributed by atoms with Crippen molar-refractivity contribution >= 4 is 17.4 Å². The van der Waals surface area contributed by atoms with Gasteiger partial charge in [-0.15, -0.1) is 0 Å². The maximum Gasteiger partial charge on any atom is 0.295 e. The Morgan fingerprint density at radius 1 is 1.07 bits per heavy atom. The summed E-state index contributed by atoms with van der Waals surface area (Å²) in [4.78, 5) is 27.2. The number of benzene rings is 2. The first-order valence-electron chi connectivity index (χ1n) is 10.1. The van der Waals surface area contributed by atoms with Crippen LogP contribution in [0.4, 0.5) is 0 Å². The van der Waals surface area contributed by atoms with Gasteiger partial charge in [0.05, 0.1) is 25.3 Å². The lowest BCUT2D eigenvalue weighted by Crippen LogP contribution is -2.30. The number of Topliss-reactive ketones (excluding diaryl/α,β-unsaturated/α-hetero) is 1. The van der Waals surface area contributed by atoms with Crippen LogP contribution in [0.1, 0.15) is 43.0 Å². The molecule has 1 heterocycles. The van der Waals surface area contributed by atoms with Crippen LogP contribution in [0.3, 0.4) is 0 Å². The summed E-state index contributed by atoms with van der Waals surface area (Å²) >= 11 is 0. The minimum atomic E-state index is -0.698. The second-order valence-corrected chi connectivity index (χ2v) is 7.20. The van der Waals surface area contributed by atoms with Crippen molar-refractivity contribution in [3.8, 4) is 11.5 Å². The molecule has 0 aliphatic carbocycles. The van der Waals surface area contributed by atoms with E-state index in [4.69, 9.17) is 9.47 Å². The van der Waals surface area contributed by atoms with E-state index in [1.807, 2.05) is 32.9 Å². The summed E-state index contributed by atoms with van der Waals surface area (Å²) in [5.74, 6) is -0.378. The SMILES string of the molecule is CCCN1C(=O)C(=O)/C(=C(\O)c2ccc(C)cc2)C1c1ccc(OC)c(OCC)c1. The highest BCUT2D eigenvalue weighted by atomic mass is 16.5. The molecule has 3 rings (SSSR count). The van der Waals surface area contributed by atoms with Gasteiger partial charge in [-0.3, -0.25) is 9.59 Å². The van der Waals surface area contributed by atoms with Gasteiger partial charge in [0.25, 0.3) is 11.7 Å². The molecule has 2 aromatic rings. The van der Waals surface area contributed by atoms with Crippen molar-refractivity contribution in [2.45, 2.75) is 33.2 Å². The molecule has 1 unspecified atom stereocenters. The number of ketones is 1. The number of hydrogen-bond acceptors (Lipinski definition) is 5. The molecule has 1 amide bonds. The zero-order valence-electron chi connectivity index (χ0n) is 17.8. The zero-order chi connectivity index (χ0) is 21.8. The molecule has 0 bridgehead atoms. The van der Waals surface area contributed by atoms with Gasteiger partial charge in [-0.05, 0) is 38.0 Å². The van der Waals surface area contributed by atoms with Crippen molar-refractivity contribution in [2.75, 3.05) is 20.3 Å². The molecule has 1 N–H and O–H groups in total. The number of aryl methyl sites for hydroxylation is 1. The normalized spacial score (nSPS) is 18.0. The van der Waals surface area contributed by atoms with Crippen LogP contribution in [-0.2, 0) is 9.59 Å². The number of likely N-dealkylation sites (tertiary alicyclic amines) is 1. The molecule has 1 fully saturated rings. The molecule has 0 radical (unpaired) electrons. The monoisotopic (exact) mass is 409 g/mol. The Bertz CT molecular complexity index is 978. The molecule has 30 heavy (non-hydrogen) atoms. The fourth-order valence-electron chi connectivity index (χ4n) is 3.70. The van der Waals surface area contributed by atoms with E-state index < -0.39 is 17.7 Å². The van der Waals surface area contributed by atoms with Gasteiger partial charge < -0.3 is 19.5 Å². The van der Waals surface area contributed by atoms with Crippen LogP contribution in [0.2, 0.25) is 0 Å². The van der Waals surface area contributed by atoms with Crippen LogP contribution in [0.5, 0.6) is 11.5 Å². The minimum Gasteiger partial charge on any atom is -0.507 e. The van der Waals surface area contributed by atoms with E-state index in [2.05, 4.69) is 0 Å². The van der Waals surface area contributed by atoms with E-state index in [1.54, 1.807) is 37.4 Å². The van der Waals surface area contributed by atoms with Crippen LogP contribution < -0.4 is 9.47 Å². The van der Waals surface area contributed by atoms with Gasteiger partial charge in [0, 0.05) is 12.1 Å². The molecular formula is C24H27NO5. The zero-order valence-corrected chi connectivity index (χ0v) is 17.8. The van der Waals surface area contributed by atoms with E-state index in [0.29, 0.717) is 42.2 Å². The van der Waals surface area contributed by atoms with Crippen molar-refractivity contribution in [1.82, 2.24) is 4.90 Å². The third-order valence-electron chi connectivity index (χ3n) is 5.13. The molecule has 1 aliphatic heterocycles. The number of ether oxygens (including phenoxy) is 2. The first-order valence-corrected chi connectivity index (χ1v) is 10.1. The Kier molecular flexibility index (Phi) is 6.45. The fourth-order valence-corrected chi connectivity index (χ4v) is 3.70. The Labute approximate surface area is 176 Å². The first-order chi connectivity index (χ1) is 14.4. The summed E-state index contributed by atoms with van der Waals surface area (Å²) in [6.45, 7) is 6.59. The summed E-state index contributed by atoms with van der Waals surface area (Å²) in [7, 11) is 1.55. The molecule has 158 valence electrons. The van der Waals surface area contributed by atoms with E-state index in [1.165, 1.54) is 4.90 Å². The molecule has 0 spiro atoms. The third-order valence-corrected chi connectivity index (χ3v) is 5.13. The lowest BCUT2D eigenvalue weighted by molar-refractivity contribution is -0.139. The summed E-state index contributed by atoms with van der Waals surface area (Å²) in [5, 5.41) is 11.0. The van der Waals surface area contributed by atoms with Gasteiger partial charge in [-0.1, -0.05) is 42.8 Å². The van der Waals surface area contributed by atoms with E-state index in [9.17, 15) is 14.7 Å². The highest BCUT2D eigenvalue weighted by molar-refractivity contribution is 6.46. The maximum absolute atomic E-state index is 12.9. The molecule has 6 nitrogen and oxygen atoms in total. The summed E-state index contributed by atoms with van der Waals surface area (Å²) < 4.78 is 11.0. The van der Waals surface area contributed by atoms with E-state index in [-0.39, 0.29) is 11.3 Å². The largest absolute Gasteiger partial charge is 0.507 e. The van der Waals surface area contributed by atoms with Gasteiger partial charge in [0.2, 0.25) is 0 Å². The van der Waals surface area contributed by atoms with Crippen LogP contribution in [0.25, 0.3) is 5.76 Å². The first kappa shape index (κ1) is 21.4. The Morgan fingerprint density at radius 3 is 2.37 bits per heavy atom. The van der Waals surface area contributed by atoms with Crippen LogP contribution in [0, 0.1) is 6.92 Å². The van der Waals surface area contributed by atoms with E-state index >= 15 is 0 Å². The third kappa shape index (κ3) is 3.90. The number of nitrogens with zero attached hydrogens (tertiary/aromatic N) is 1. The average Bonchev–Trinajstić information content (AvgIpc) is 2.99. The number of methoxy groups -OCH3 is 1. The Balaban J connectivity index is 2.19. The fraction of sp³-hybridized carbons (Fsp3) is 0.333. The second kappa shape index (κ2) is 9.03. The minimum absolute atomic E-state index is 0.0879. The maximum atomic E-state index is 12.9. The van der Waals surface area contributed by atoms with Crippen LogP contribution >= 0.6 is 0 Å². The number of carbonyl (C=O) groups is 2. The molecule has 1 aliphatic rings. The highest BCUT2D eigenvalue weighted by Crippen LogP contribution is 2.42. The van der Waals surface area contributed by atoms with Crippen LogP contribution in [-0.4, -0.2) is 42.0 Å². The molecule has 2 aromatic carbocycles. The van der Waals surface area contributed by atoms with Gasteiger partial charge in [-0.2, -0.15) is 0 Å². The van der Waals surface area contributed by atoms with Gasteiger partial charge >= 0.3 is 0 Å². The average molecular weight is 409 g/mol. The number of aliphatic hydroxyl groups excluding tert-OH is 1. The predicted molar refractivity (Wildman–Crippen MR) is 115 cm³/mol. The summed E-state index contributed by atoms with van der Waals surface area (Å²) in [5.41, 5.74) is 2.30. The summed E-state index contributed by atoms with van der Waals surface area (Å²) in [6, 6.07) is 11.8. The molecule has 1 atom stereocenters. The van der Waals surface area contributed by atoms with Crippen molar-refractivity contribution in [3.05, 3.63) is 64.7 Å². The number of rotatable bonds is 7. The number of carbonyl (C=O) groups excluding carboxylic acids is 2. The van der Waals surface area contributed by atoms with Crippen molar-refractivity contribution in [2.24, 2.45) is 0 Å². The predicted octanol–water partition coefficient (Wildman–Crippen LogP) is 4.23. The number of hydrogen-bond donors (Lipinski definition) is 1. The topological polar surface area (TPSA) is 76.1 Å².